The summed E-state index contributed by atoms with van der Waals surface area (Å²) in [4.78, 5) is 18.1. The van der Waals surface area contributed by atoms with Crippen molar-refractivity contribution in [2.75, 3.05) is 5.75 Å². The van der Waals surface area contributed by atoms with Crippen LogP contribution in [-0.2, 0) is 18.4 Å². The first-order chi connectivity index (χ1) is 11.5. The number of thioether (sulfide) groups is 1. The summed E-state index contributed by atoms with van der Waals surface area (Å²) in [6, 6.07) is 8.25. The fraction of sp³-hybridized carbons (Fsp3) is 0.300. The largest absolute Gasteiger partial charge is 0.283 e. The summed E-state index contributed by atoms with van der Waals surface area (Å²) in [6.45, 7) is 12.3. The standard InChI is InChI=1S/C20H22N2OS/c1-5-11-22-18(23)16-17(21-19(22)24-12-6-2)15-10-8-7-9-14(15)13-20(16,3)4/h5-10H,1-2,11-13H2,3-4H3. The number of nitrogens with zero attached hydrogens (tertiary/aromatic N) is 2. The third kappa shape index (κ3) is 2.75. The van der Waals surface area contributed by atoms with E-state index in [1.807, 2.05) is 18.2 Å². The van der Waals surface area contributed by atoms with Gasteiger partial charge in [0, 0.05) is 28.8 Å². The summed E-state index contributed by atoms with van der Waals surface area (Å²) in [7, 11) is 0. The average molecular weight is 338 g/mol. The van der Waals surface area contributed by atoms with E-state index < -0.39 is 0 Å². The Morgan fingerprint density at radius 1 is 1.29 bits per heavy atom. The first kappa shape index (κ1) is 16.8. The quantitative estimate of drug-likeness (QED) is 0.465. The molecule has 4 heteroatoms. The van der Waals surface area contributed by atoms with E-state index in [1.54, 1.807) is 10.6 Å². The van der Waals surface area contributed by atoms with Gasteiger partial charge in [0.15, 0.2) is 5.16 Å². The molecule has 0 saturated carbocycles. The zero-order valence-corrected chi connectivity index (χ0v) is 15.0. The maximum absolute atomic E-state index is 13.2. The first-order valence-electron chi connectivity index (χ1n) is 8.08. The van der Waals surface area contributed by atoms with Crippen molar-refractivity contribution in [1.29, 1.82) is 0 Å². The van der Waals surface area contributed by atoms with Crippen molar-refractivity contribution in [3.05, 3.63) is 71.1 Å². The summed E-state index contributed by atoms with van der Waals surface area (Å²) in [5.41, 5.74) is 3.78. The Hall–Kier alpha value is -2.07. The maximum Gasteiger partial charge on any atom is 0.258 e. The molecule has 0 fully saturated rings. The molecule has 1 aliphatic carbocycles. The predicted octanol–water partition coefficient (Wildman–Crippen LogP) is 4.21. The van der Waals surface area contributed by atoms with Gasteiger partial charge in [0.1, 0.15) is 0 Å². The van der Waals surface area contributed by atoms with Gasteiger partial charge in [-0.1, -0.05) is 62.0 Å². The highest BCUT2D eigenvalue weighted by Gasteiger charge is 2.35. The molecule has 0 N–H and O–H groups in total. The van der Waals surface area contributed by atoms with Crippen LogP contribution in [0, 0.1) is 0 Å². The second kappa shape index (κ2) is 6.44. The number of hydrogen-bond acceptors (Lipinski definition) is 3. The van der Waals surface area contributed by atoms with Crippen LogP contribution in [-0.4, -0.2) is 15.3 Å². The molecule has 24 heavy (non-hydrogen) atoms. The van der Waals surface area contributed by atoms with Gasteiger partial charge in [0.25, 0.3) is 5.56 Å². The lowest BCUT2D eigenvalue weighted by Crippen LogP contribution is -2.38. The van der Waals surface area contributed by atoms with E-state index in [2.05, 4.69) is 39.1 Å². The summed E-state index contributed by atoms with van der Waals surface area (Å²) < 4.78 is 1.73. The molecule has 1 aromatic carbocycles. The fourth-order valence-electron chi connectivity index (χ4n) is 3.34. The van der Waals surface area contributed by atoms with Crippen LogP contribution in [0.5, 0.6) is 0 Å². The van der Waals surface area contributed by atoms with Gasteiger partial charge < -0.3 is 0 Å². The molecule has 0 aliphatic heterocycles. The molecule has 0 unspecified atom stereocenters. The number of rotatable bonds is 5. The number of fused-ring (bicyclic) bond motifs is 3. The van der Waals surface area contributed by atoms with Crippen molar-refractivity contribution in [3.63, 3.8) is 0 Å². The van der Waals surface area contributed by atoms with Gasteiger partial charge in [-0.25, -0.2) is 4.98 Å². The smallest absolute Gasteiger partial charge is 0.258 e. The fourth-order valence-corrected chi connectivity index (χ4v) is 4.08. The molecule has 0 bridgehead atoms. The van der Waals surface area contributed by atoms with E-state index in [1.165, 1.54) is 17.3 Å². The van der Waals surface area contributed by atoms with Crippen LogP contribution in [0.1, 0.15) is 25.0 Å². The van der Waals surface area contributed by atoms with E-state index in [0.29, 0.717) is 12.3 Å². The van der Waals surface area contributed by atoms with Crippen LogP contribution in [0.3, 0.4) is 0 Å². The molecule has 124 valence electrons. The third-order valence-electron chi connectivity index (χ3n) is 4.36. The van der Waals surface area contributed by atoms with E-state index in [0.717, 1.165) is 28.4 Å². The summed E-state index contributed by atoms with van der Waals surface area (Å²) in [6.07, 6.45) is 4.42. The van der Waals surface area contributed by atoms with Crippen molar-refractivity contribution in [3.8, 4) is 11.3 Å². The normalized spacial score (nSPS) is 14.6. The molecule has 2 aromatic rings. The molecule has 3 nitrogen and oxygen atoms in total. The minimum absolute atomic E-state index is 0.0472. The van der Waals surface area contributed by atoms with Gasteiger partial charge in [0.05, 0.1) is 5.69 Å². The highest BCUT2D eigenvalue weighted by molar-refractivity contribution is 7.99. The Kier molecular flexibility index (Phi) is 4.50. The maximum atomic E-state index is 13.2. The molecule has 0 saturated heterocycles. The Labute approximate surface area is 147 Å². The summed E-state index contributed by atoms with van der Waals surface area (Å²) in [5.74, 6) is 0.716. The molecular formula is C20H22N2OS. The minimum atomic E-state index is -0.238. The number of allylic oxidation sites excluding steroid dienone is 1. The molecule has 1 aromatic heterocycles. The zero-order chi connectivity index (χ0) is 17.3. The Bertz CT molecular complexity index is 864. The average Bonchev–Trinajstić information content (AvgIpc) is 2.54. The Morgan fingerprint density at radius 3 is 2.75 bits per heavy atom. The van der Waals surface area contributed by atoms with Crippen LogP contribution in [0.15, 0.2) is 59.5 Å². The summed E-state index contributed by atoms with van der Waals surface area (Å²) >= 11 is 1.53. The van der Waals surface area contributed by atoms with Gasteiger partial charge in [-0.2, -0.15) is 0 Å². The van der Waals surface area contributed by atoms with Gasteiger partial charge in [-0.3, -0.25) is 9.36 Å². The van der Waals surface area contributed by atoms with E-state index >= 15 is 0 Å². The molecular weight excluding hydrogens is 316 g/mol. The molecule has 1 heterocycles. The highest BCUT2D eigenvalue weighted by Crippen LogP contribution is 2.40. The van der Waals surface area contributed by atoms with E-state index in [-0.39, 0.29) is 11.0 Å². The predicted molar refractivity (Wildman–Crippen MR) is 102 cm³/mol. The van der Waals surface area contributed by atoms with E-state index in [4.69, 9.17) is 4.98 Å². The van der Waals surface area contributed by atoms with Crippen molar-refractivity contribution in [2.45, 2.75) is 37.4 Å². The second-order valence-corrected chi connectivity index (χ2v) is 7.63. The summed E-state index contributed by atoms with van der Waals surface area (Å²) in [5, 5.41) is 0.728. The zero-order valence-electron chi connectivity index (χ0n) is 14.2. The lowest BCUT2D eigenvalue weighted by Gasteiger charge is -2.33. The first-order valence-corrected chi connectivity index (χ1v) is 9.06. The van der Waals surface area contributed by atoms with Crippen LogP contribution in [0.4, 0.5) is 0 Å². The highest BCUT2D eigenvalue weighted by atomic mass is 32.2. The van der Waals surface area contributed by atoms with Crippen molar-refractivity contribution in [1.82, 2.24) is 9.55 Å². The number of hydrogen-bond donors (Lipinski definition) is 0. The molecule has 1 aliphatic rings. The lowest BCUT2D eigenvalue weighted by molar-refractivity contribution is 0.490. The molecule has 0 amide bonds. The molecule has 0 atom stereocenters. The van der Waals surface area contributed by atoms with Gasteiger partial charge in [0.2, 0.25) is 0 Å². The lowest BCUT2D eigenvalue weighted by atomic mass is 9.72. The topological polar surface area (TPSA) is 34.9 Å². The van der Waals surface area contributed by atoms with Gasteiger partial charge in [-0.15, -0.1) is 13.2 Å². The minimum Gasteiger partial charge on any atom is -0.283 e. The molecule has 0 radical (unpaired) electrons. The third-order valence-corrected chi connectivity index (χ3v) is 5.33. The SMILES string of the molecule is C=CCSc1nc2c(c(=O)n1CC=C)C(C)(C)Cc1ccccc1-2. The van der Waals surface area contributed by atoms with Crippen LogP contribution < -0.4 is 5.56 Å². The Morgan fingerprint density at radius 2 is 2.04 bits per heavy atom. The monoisotopic (exact) mass is 338 g/mol. The van der Waals surface area contributed by atoms with Crippen molar-refractivity contribution >= 4 is 11.8 Å². The van der Waals surface area contributed by atoms with Crippen LogP contribution in [0.2, 0.25) is 0 Å². The Balaban J connectivity index is 2.32. The molecule has 0 spiro atoms. The van der Waals surface area contributed by atoms with Gasteiger partial charge in [-0.05, 0) is 12.0 Å². The van der Waals surface area contributed by atoms with Crippen LogP contribution >= 0.6 is 11.8 Å². The molecule has 3 rings (SSSR count). The van der Waals surface area contributed by atoms with Crippen molar-refractivity contribution in [2.24, 2.45) is 0 Å². The number of benzene rings is 1. The van der Waals surface area contributed by atoms with E-state index in [9.17, 15) is 4.79 Å². The van der Waals surface area contributed by atoms with Crippen molar-refractivity contribution < 1.29 is 0 Å². The van der Waals surface area contributed by atoms with Crippen LogP contribution in [0.25, 0.3) is 11.3 Å². The van der Waals surface area contributed by atoms with Gasteiger partial charge >= 0.3 is 0 Å². The second-order valence-electron chi connectivity index (χ2n) is 6.64. The number of aromatic nitrogens is 2.